The highest BCUT2D eigenvalue weighted by Gasteiger charge is 2.37. The molecule has 4 N–H and O–H groups in total. The van der Waals surface area contributed by atoms with E-state index in [0.29, 0.717) is 22.5 Å². The van der Waals surface area contributed by atoms with Crippen molar-refractivity contribution in [3.05, 3.63) is 77.9 Å². The van der Waals surface area contributed by atoms with Gasteiger partial charge in [0.2, 0.25) is 11.8 Å². The number of nitrogens with two attached hydrogens (primary N) is 1. The van der Waals surface area contributed by atoms with Crippen molar-refractivity contribution in [2.45, 2.75) is 32.2 Å². The van der Waals surface area contributed by atoms with Crippen LogP contribution in [0.1, 0.15) is 30.9 Å². The number of anilines is 2. The first-order valence-corrected chi connectivity index (χ1v) is 10.7. The van der Waals surface area contributed by atoms with E-state index in [2.05, 4.69) is 5.32 Å². The van der Waals surface area contributed by atoms with E-state index >= 15 is 0 Å². The zero-order chi connectivity index (χ0) is 23.7. The molecule has 1 heterocycles. The van der Waals surface area contributed by atoms with Crippen molar-refractivity contribution in [1.29, 1.82) is 0 Å². The third-order valence-corrected chi connectivity index (χ3v) is 5.91. The summed E-state index contributed by atoms with van der Waals surface area (Å²) in [6.07, 6.45) is -0.0936. The van der Waals surface area contributed by atoms with Crippen LogP contribution in [0.2, 0.25) is 0 Å². The highest BCUT2D eigenvalue weighted by molar-refractivity contribution is 6.22. The largest absolute Gasteiger partial charge is 0.508 e. The fraction of sp³-hybridized carbons (Fsp3) is 0.192. The summed E-state index contributed by atoms with van der Waals surface area (Å²) in [5.74, 6) is -1.97. The fourth-order valence-corrected chi connectivity index (χ4v) is 4.19. The van der Waals surface area contributed by atoms with Crippen LogP contribution < -0.4 is 16.0 Å². The predicted molar refractivity (Wildman–Crippen MR) is 127 cm³/mol. The minimum atomic E-state index is -0.977. The number of nitrogens with one attached hydrogen (secondary N) is 1. The summed E-state index contributed by atoms with van der Waals surface area (Å²) in [6.45, 7) is 3.29. The third kappa shape index (κ3) is 4.05. The standard InChI is InChI=1S/C26H25N3O4/c1-15-18-9-4-5-10-19(18)24-20(27)11-7-12-21(24)29(25(15)32)26(33)16(2)28-23(31)14-17-8-3-6-13-22(17)30/h3-13,15-16,30H,14,27H2,1-2H3,(H,28,31)/t15?,16-/m0/s1. The lowest BCUT2D eigenvalue weighted by Crippen LogP contribution is -2.50. The molecule has 3 aromatic carbocycles. The van der Waals surface area contributed by atoms with Gasteiger partial charge in [-0.3, -0.25) is 14.4 Å². The average Bonchev–Trinajstić information content (AvgIpc) is 2.89. The van der Waals surface area contributed by atoms with Crippen molar-refractivity contribution in [2.24, 2.45) is 0 Å². The maximum atomic E-state index is 13.5. The van der Waals surface area contributed by atoms with Gasteiger partial charge in [0, 0.05) is 16.8 Å². The van der Waals surface area contributed by atoms with Gasteiger partial charge in [-0.25, -0.2) is 4.90 Å². The number of hydrogen-bond donors (Lipinski definition) is 3. The van der Waals surface area contributed by atoms with Crippen LogP contribution in [0.15, 0.2) is 66.7 Å². The maximum absolute atomic E-state index is 13.5. The Morgan fingerprint density at radius 2 is 1.76 bits per heavy atom. The lowest BCUT2D eigenvalue weighted by atomic mass is 9.92. The molecule has 0 radical (unpaired) electrons. The lowest BCUT2D eigenvalue weighted by molar-refractivity contribution is -0.131. The number of nitrogens with zero attached hydrogens (tertiary/aromatic N) is 1. The molecule has 2 atom stereocenters. The molecule has 1 aliphatic heterocycles. The number of carbonyl (C=O) groups excluding carboxylic acids is 3. The molecule has 4 rings (SSSR count). The summed E-state index contributed by atoms with van der Waals surface area (Å²) >= 11 is 0. The first-order chi connectivity index (χ1) is 15.8. The molecule has 168 valence electrons. The summed E-state index contributed by atoms with van der Waals surface area (Å²) in [4.78, 5) is 40.6. The normalized spacial score (nSPS) is 15.8. The summed E-state index contributed by atoms with van der Waals surface area (Å²) in [7, 11) is 0. The van der Waals surface area contributed by atoms with Gasteiger partial charge in [0.1, 0.15) is 11.8 Å². The van der Waals surface area contributed by atoms with Gasteiger partial charge >= 0.3 is 0 Å². The quantitative estimate of drug-likeness (QED) is 0.535. The Balaban J connectivity index is 1.66. The molecule has 1 unspecified atom stereocenters. The number of amides is 3. The van der Waals surface area contributed by atoms with E-state index in [0.717, 1.165) is 16.0 Å². The Bertz CT molecular complexity index is 1250. The van der Waals surface area contributed by atoms with Gasteiger partial charge < -0.3 is 16.2 Å². The first-order valence-electron chi connectivity index (χ1n) is 10.7. The van der Waals surface area contributed by atoms with Crippen LogP contribution in [-0.2, 0) is 20.8 Å². The van der Waals surface area contributed by atoms with Gasteiger partial charge in [0.15, 0.2) is 0 Å². The molecule has 3 aromatic rings. The minimum absolute atomic E-state index is 0.00492. The SMILES string of the molecule is CC1C(=O)N(C(=O)[C@H](C)NC(=O)Cc2ccccc2O)c2cccc(N)c2-c2ccccc21. The topological polar surface area (TPSA) is 113 Å². The van der Waals surface area contributed by atoms with Crippen LogP contribution in [0.5, 0.6) is 5.75 Å². The van der Waals surface area contributed by atoms with Crippen molar-refractivity contribution >= 4 is 29.1 Å². The van der Waals surface area contributed by atoms with Gasteiger partial charge in [-0.15, -0.1) is 0 Å². The number of phenolic OH excluding ortho intramolecular Hbond substituents is 1. The number of carbonyl (C=O) groups is 3. The molecule has 0 spiro atoms. The van der Waals surface area contributed by atoms with Gasteiger partial charge in [-0.1, -0.05) is 48.5 Å². The smallest absolute Gasteiger partial charge is 0.256 e. The molecule has 0 aromatic heterocycles. The molecule has 0 saturated carbocycles. The van der Waals surface area contributed by atoms with Crippen LogP contribution in [0.3, 0.4) is 0 Å². The molecule has 1 aliphatic rings. The Morgan fingerprint density at radius 3 is 2.52 bits per heavy atom. The zero-order valence-electron chi connectivity index (χ0n) is 18.4. The van der Waals surface area contributed by atoms with Gasteiger partial charge in [0.05, 0.1) is 18.0 Å². The van der Waals surface area contributed by atoms with E-state index in [1.54, 1.807) is 43.3 Å². The van der Waals surface area contributed by atoms with Crippen molar-refractivity contribution in [2.75, 3.05) is 10.6 Å². The Morgan fingerprint density at radius 1 is 1.06 bits per heavy atom. The van der Waals surface area contributed by atoms with Crippen molar-refractivity contribution in [3.63, 3.8) is 0 Å². The second-order valence-electron chi connectivity index (χ2n) is 8.16. The number of benzene rings is 3. The maximum Gasteiger partial charge on any atom is 0.256 e. The molecule has 0 bridgehead atoms. The molecule has 7 heteroatoms. The highest BCUT2D eigenvalue weighted by Crippen LogP contribution is 2.44. The number of rotatable bonds is 4. The van der Waals surface area contributed by atoms with E-state index in [1.165, 1.54) is 13.0 Å². The van der Waals surface area contributed by atoms with E-state index < -0.39 is 29.7 Å². The van der Waals surface area contributed by atoms with Crippen LogP contribution >= 0.6 is 0 Å². The predicted octanol–water partition coefficient (Wildman–Crippen LogP) is 3.37. The van der Waals surface area contributed by atoms with Gasteiger partial charge in [0.25, 0.3) is 5.91 Å². The number of nitrogen functional groups attached to an aromatic ring is 1. The first kappa shape index (κ1) is 22.1. The molecule has 0 fully saturated rings. The average molecular weight is 444 g/mol. The number of hydrogen-bond acceptors (Lipinski definition) is 5. The zero-order valence-corrected chi connectivity index (χ0v) is 18.4. The van der Waals surface area contributed by atoms with E-state index in [-0.39, 0.29) is 12.2 Å². The molecular weight excluding hydrogens is 418 g/mol. The monoisotopic (exact) mass is 443 g/mol. The van der Waals surface area contributed by atoms with E-state index in [4.69, 9.17) is 5.73 Å². The van der Waals surface area contributed by atoms with Crippen LogP contribution in [0.25, 0.3) is 11.1 Å². The highest BCUT2D eigenvalue weighted by atomic mass is 16.3. The Kier molecular flexibility index (Phi) is 5.87. The number of fused-ring (bicyclic) bond motifs is 3. The summed E-state index contributed by atoms with van der Waals surface area (Å²) < 4.78 is 0. The number of imide groups is 1. The number of para-hydroxylation sites is 1. The van der Waals surface area contributed by atoms with Gasteiger partial charge in [-0.2, -0.15) is 0 Å². The molecule has 7 nitrogen and oxygen atoms in total. The van der Waals surface area contributed by atoms with Crippen LogP contribution in [0, 0.1) is 0 Å². The Labute approximate surface area is 191 Å². The van der Waals surface area contributed by atoms with Crippen LogP contribution in [0.4, 0.5) is 11.4 Å². The minimum Gasteiger partial charge on any atom is -0.508 e. The summed E-state index contributed by atoms with van der Waals surface area (Å²) in [5.41, 5.74) is 9.79. The van der Waals surface area contributed by atoms with Crippen molar-refractivity contribution in [1.82, 2.24) is 5.32 Å². The summed E-state index contributed by atoms with van der Waals surface area (Å²) in [6, 6.07) is 18.1. The second kappa shape index (κ2) is 8.78. The molecule has 3 amide bonds. The second-order valence-corrected chi connectivity index (χ2v) is 8.16. The van der Waals surface area contributed by atoms with Gasteiger partial charge in [-0.05, 0) is 43.2 Å². The summed E-state index contributed by atoms with van der Waals surface area (Å²) in [5, 5.41) is 12.6. The molecule has 0 aliphatic carbocycles. The lowest BCUT2D eigenvalue weighted by Gasteiger charge is -2.26. The fourth-order valence-electron chi connectivity index (χ4n) is 4.19. The molecular formula is C26H25N3O4. The van der Waals surface area contributed by atoms with Crippen molar-refractivity contribution < 1.29 is 19.5 Å². The van der Waals surface area contributed by atoms with E-state index in [1.807, 2.05) is 24.3 Å². The molecule has 33 heavy (non-hydrogen) atoms. The van der Waals surface area contributed by atoms with Crippen molar-refractivity contribution in [3.8, 4) is 16.9 Å². The van der Waals surface area contributed by atoms with E-state index in [9.17, 15) is 19.5 Å². The number of aromatic hydroxyl groups is 1. The Hall–Kier alpha value is -4.13. The van der Waals surface area contributed by atoms with Crippen LogP contribution in [-0.4, -0.2) is 28.9 Å². The third-order valence-electron chi connectivity index (χ3n) is 5.91. The molecule has 0 saturated heterocycles. The number of phenols is 1.